The van der Waals surface area contributed by atoms with E-state index in [0.29, 0.717) is 12.9 Å². The second-order valence-electron chi connectivity index (χ2n) is 2.15. The van der Waals surface area contributed by atoms with Crippen molar-refractivity contribution in [1.29, 1.82) is 0 Å². The van der Waals surface area contributed by atoms with Gasteiger partial charge in [0, 0.05) is 6.54 Å². The van der Waals surface area contributed by atoms with Gasteiger partial charge in [-0.3, -0.25) is 5.32 Å². The fourth-order valence-corrected chi connectivity index (χ4v) is 1.19. The van der Waals surface area contributed by atoms with Crippen molar-refractivity contribution in [3.8, 4) is 0 Å². The molecule has 0 saturated carbocycles. The van der Waals surface area contributed by atoms with Gasteiger partial charge in [-0.25, -0.2) is 0 Å². The Morgan fingerprint density at radius 2 is 2.38 bits per heavy atom. The zero-order chi connectivity index (χ0) is 5.40. The number of rotatable bonds is 0. The largest absolute Gasteiger partial charge is 0.348 e. The molecule has 1 N–H and O–H groups in total. The van der Waals surface area contributed by atoms with Gasteiger partial charge in [0.1, 0.15) is 19.1 Å². The van der Waals surface area contributed by atoms with Crippen molar-refractivity contribution in [2.24, 2.45) is 0 Å². The van der Waals surface area contributed by atoms with E-state index in [1.54, 1.807) is 0 Å². The van der Waals surface area contributed by atoms with Crippen molar-refractivity contribution in [2.45, 2.75) is 18.8 Å². The molecule has 2 rings (SSSR count). The van der Waals surface area contributed by atoms with Crippen LogP contribution < -0.4 is 5.32 Å². The van der Waals surface area contributed by atoms with Crippen LogP contribution in [0.25, 0.3) is 0 Å². The van der Waals surface area contributed by atoms with E-state index in [1.807, 2.05) is 0 Å². The van der Waals surface area contributed by atoms with Crippen LogP contribution in [0.15, 0.2) is 0 Å². The van der Waals surface area contributed by atoms with E-state index in [0.717, 1.165) is 13.0 Å². The van der Waals surface area contributed by atoms with Gasteiger partial charge in [-0.15, -0.1) is 0 Å². The maximum Gasteiger partial charge on any atom is 0.149 e. The Balaban J connectivity index is 2.04. The number of ether oxygens (including phenoxy) is 2. The minimum absolute atomic E-state index is 0.204. The van der Waals surface area contributed by atoms with Crippen LogP contribution in [0.2, 0.25) is 0 Å². The first kappa shape index (κ1) is 4.73. The summed E-state index contributed by atoms with van der Waals surface area (Å²) in [6.07, 6.45) is 1.65. The van der Waals surface area contributed by atoms with E-state index in [2.05, 4.69) is 5.32 Å². The summed E-state index contributed by atoms with van der Waals surface area (Å²) in [4.78, 5) is 0. The molecule has 2 heterocycles. The molecule has 0 amide bonds. The normalized spacial score (nSPS) is 45.0. The standard InChI is InChI=1S/C5H9NO2/c1-2-6-5-4(1)7-3-8-5/h4-6H,1-3H2. The summed E-state index contributed by atoms with van der Waals surface area (Å²) in [5, 5.41) is 3.17. The van der Waals surface area contributed by atoms with Gasteiger partial charge in [0.2, 0.25) is 0 Å². The summed E-state index contributed by atoms with van der Waals surface area (Å²) in [6, 6.07) is 0. The molecule has 0 spiro atoms. The fourth-order valence-electron chi connectivity index (χ4n) is 1.19. The molecular weight excluding hydrogens is 106 g/mol. The Hall–Kier alpha value is -0.120. The Bertz CT molecular complexity index is 76.4. The van der Waals surface area contributed by atoms with Crippen LogP contribution in [0.4, 0.5) is 0 Å². The molecule has 2 unspecified atom stereocenters. The lowest BCUT2D eigenvalue weighted by Gasteiger charge is -2.02. The number of nitrogens with one attached hydrogen (secondary N) is 1. The first-order valence-corrected chi connectivity index (χ1v) is 2.93. The van der Waals surface area contributed by atoms with E-state index >= 15 is 0 Å². The fraction of sp³-hybridized carbons (Fsp3) is 1.00. The predicted molar refractivity (Wildman–Crippen MR) is 27.2 cm³/mol. The minimum atomic E-state index is 0.204. The van der Waals surface area contributed by atoms with Crippen LogP contribution in [0.5, 0.6) is 0 Å². The van der Waals surface area contributed by atoms with Crippen molar-refractivity contribution in [3.63, 3.8) is 0 Å². The predicted octanol–water partition coefficient (Wildman–Crippen LogP) is -0.321. The summed E-state index contributed by atoms with van der Waals surface area (Å²) >= 11 is 0. The molecular formula is C5H9NO2. The first-order chi connectivity index (χ1) is 3.97. The summed E-state index contributed by atoms with van der Waals surface area (Å²) < 4.78 is 10.3. The van der Waals surface area contributed by atoms with Crippen molar-refractivity contribution >= 4 is 0 Å². The SMILES string of the molecule is C1CC2OCOC2N1. The lowest BCUT2D eigenvalue weighted by atomic mass is 10.3. The van der Waals surface area contributed by atoms with Crippen LogP contribution in [-0.4, -0.2) is 25.7 Å². The Kier molecular flexibility index (Phi) is 0.997. The molecule has 2 aliphatic rings. The number of fused-ring (bicyclic) bond motifs is 1. The Labute approximate surface area is 48.0 Å². The molecule has 2 atom stereocenters. The lowest BCUT2D eigenvalue weighted by Crippen LogP contribution is -2.26. The zero-order valence-electron chi connectivity index (χ0n) is 4.59. The first-order valence-electron chi connectivity index (χ1n) is 2.93. The third kappa shape index (κ3) is 0.555. The van der Waals surface area contributed by atoms with Crippen LogP contribution >= 0.6 is 0 Å². The molecule has 0 aromatic heterocycles. The van der Waals surface area contributed by atoms with Gasteiger partial charge in [0.05, 0.1) is 0 Å². The monoisotopic (exact) mass is 115 g/mol. The van der Waals surface area contributed by atoms with Gasteiger partial charge in [0.25, 0.3) is 0 Å². The Morgan fingerprint density at radius 3 is 3.25 bits per heavy atom. The van der Waals surface area contributed by atoms with Crippen molar-refractivity contribution < 1.29 is 9.47 Å². The zero-order valence-corrected chi connectivity index (χ0v) is 4.59. The summed E-state index contributed by atoms with van der Waals surface area (Å²) in [5.41, 5.74) is 0. The molecule has 2 fully saturated rings. The molecule has 2 aliphatic heterocycles. The maximum atomic E-state index is 5.19. The highest BCUT2D eigenvalue weighted by atomic mass is 16.7. The highest BCUT2D eigenvalue weighted by molar-refractivity contribution is 4.79. The van der Waals surface area contributed by atoms with E-state index in [-0.39, 0.29) is 6.23 Å². The van der Waals surface area contributed by atoms with Crippen molar-refractivity contribution in [3.05, 3.63) is 0 Å². The highest BCUT2D eigenvalue weighted by Crippen LogP contribution is 2.17. The van der Waals surface area contributed by atoms with Crippen molar-refractivity contribution in [1.82, 2.24) is 5.32 Å². The van der Waals surface area contributed by atoms with Crippen LogP contribution in [-0.2, 0) is 9.47 Å². The molecule has 0 radical (unpaired) electrons. The second-order valence-corrected chi connectivity index (χ2v) is 2.15. The van der Waals surface area contributed by atoms with Gasteiger partial charge in [-0.1, -0.05) is 0 Å². The number of hydrogen-bond donors (Lipinski definition) is 1. The minimum Gasteiger partial charge on any atom is -0.348 e. The Morgan fingerprint density at radius 1 is 1.38 bits per heavy atom. The average molecular weight is 115 g/mol. The number of hydrogen-bond acceptors (Lipinski definition) is 3. The summed E-state index contributed by atoms with van der Waals surface area (Å²) in [7, 11) is 0. The average Bonchev–Trinajstić information content (AvgIpc) is 2.15. The topological polar surface area (TPSA) is 30.5 Å². The molecule has 0 aromatic carbocycles. The second kappa shape index (κ2) is 1.69. The van der Waals surface area contributed by atoms with E-state index in [4.69, 9.17) is 9.47 Å². The van der Waals surface area contributed by atoms with E-state index in [1.165, 1.54) is 0 Å². The smallest absolute Gasteiger partial charge is 0.149 e. The van der Waals surface area contributed by atoms with Gasteiger partial charge in [-0.2, -0.15) is 0 Å². The van der Waals surface area contributed by atoms with Crippen LogP contribution in [0.3, 0.4) is 0 Å². The summed E-state index contributed by atoms with van der Waals surface area (Å²) in [6.45, 7) is 1.51. The van der Waals surface area contributed by atoms with Crippen LogP contribution in [0.1, 0.15) is 6.42 Å². The quantitative estimate of drug-likeness (QED) is 0.469. The molecule has 3 nitrogen and oxygen atoms in total. The van der Waals surface area contributed by atoms with E-state index < -0.39 is 0 Å². The molecule has 0 bridgehead atoms. The van der Waals surface area contributed by atoms with Gasteiger partial charge in [-0.05, 0) is 6.42 Å². The van der Waals surface area contributed by atoms with Crippen molar-refractivity contribution in [2.75, 3.05) is 13.3 Å². The molecule has 8 heavy (non-hydrogen) atoms. The third-order valence-electron chi connectivity index (χ3n) is 1.64. The molecule has 0 aromatic rings. The van der Waals surface area contributed by atoms with Gasteiger partial charge < -0.3 is 9.47 Å². The summed E-state index contributed by atoms with van der Waals surface area (Å²) in [5.74, 6) is 0. The molecule has 0 aliphatic carbocycles. The molecule has 46 valence electrons. The van der Waals surface area contributed by atoms with Gasteiger partial charge in [0.15, 0.2) is 0 Å². The molecule has 3 heteroatoms. The molecule has 2 saturated heterocycles. The lowest BCUT2D eigenvalue weighted by molar-refractivity contribution is 0.0260. The highest BCUT2D eigenvalue weighted by Gasteiger charge is 2.32. The maximum absolute atomic E-state index is 5.19. The van der Waals surface area contributed by atoms with Crippen LogP contribution in [0, 0.1) is 0 Å². The van der Waals surface area contributed by atoms with Gasteiger partial charge >= 0.3 is 0 Å². The van der Waals surface area contributed by atoms with E-state index in [9.17, 15) is 0 Å². The third-order valence-corrected chi connectivity index (χ3v) is 1.64.